The predicted molar refractivity (Wildman–Crippen MR) is 68.6 cm³/mol. The van der Waals surface area contributed by atoms with Crippen LogP contribution in [0.4, 0.5) is 4.39 Å². The molecule has 9 heteroatoms. The van der Waals surface area contributed by atoms with E-state index in [1.807, 2.05) is 0 Å². The van der Waals surface area contributed by atoms with Crippen molar-refractivity contribution in [2.24, 2.45) is 5.73 Å². The van der Waals surface area contributed by atoms with E-state index in [0.29, 0.717) is 10.8 Å². The number of nitrogens with zero attached hydrogens (tertiary/aromatic N) is 1. The molecule has 1 aliphatic rings. The fourth-order valence-electron chi connectivity index (χ4n) is 2.22. The second-order valence-electron chi connectivity index (χ2n) is 4.86. The summed E-state index contributed by atoms with van der Waals surface area (Å²) in [5, 5.41) is 19.6. The van der Waals surface area contributed by atoms with Gasteiger partial charge in [0.25, 0.3) is 5.56 Å². The average molecular weight is 299 g/mol. The minimum absolute atomic E-state index is 0.585. The monoisotopic (exact) mass is 299 g/mol. The normalized spacial score (nSPS) is 33.6. The van der Waals surface area contributed by atoms with E-state index in [1.165, 1.54) is 6.92 Å². The van der Waals surface area contributed by atoms with Crippen LogP contribution in [0.5, 0.6) is 0 Å². The molecule has 1 unspecified atom stereocenters. The van der Waals surface area contributed by atoms with Crippen LogP contribution in [0.1, 0.15) is 13.2 Å². The average Bonchev–Trinajstić information content (AvgIpc) is 2.68. The van der Waals surface area contributed by atoms with Gasteiger partial charge in [0.2, 0.25) is 5.82 Å². The number of rotatable bonds is 2. The standard InChI is InChI=1S/C12H14FN3O5/c1-3-12(14)8(18)7(5(2)17)21-10(12)16-4-6(13)9(19)15-11(16)20/h1,4-5,7-8,10,17-18H,14H2,2H3,(H,15,19,20)/t5-,7-,8?,10-,12-/m1/s1. The van der Waals surface area contributed by atoms with Crippen LogP contribution in [0.25, 0.3) is 0 Å². The Kier molecular flexibility index (Phi) is 3.73. The van der Waals surface area contributed by atoms with Crippen LogP contribution in [0.2, 0.25) is 0 Å². The zero-order valence-corrected chi connectivity index (χ0v) is 11.0. The highest BCUT2D eigenvalue weighted by Gasteiger charge is 2.55. The Morgan fingerprint density at radius 3 is 2.81 bits per heavy atom. The lowest BCUT2D eigenvalue weighted by Crippen LogP contribution is -2.55. The lowest BCUT2D eigenvalue weighted by atomic mass is 9.90. The lowest BCUT2D eigenvalue weighted by molar-refractivity contribution is -0.0781. The van der Waals surface area contributed by atoms with Crippen LogP contribution in [-0.4, -0.2) is 43.6 Å². The smallest absolute Gasteiger partial charge is 0.330 e. The largest absolute Gasteiger partial charge is 0.391 e. The Hall–Kier alpha value is -1.99. The Morgan fingerprint density at radius 2 is 2.29 bits per heavy atom. The van der Waals surface area contributed by atoms with Crippen molar-refractivity contribution in [1.29, 1.82) is 0 Å². The third-order valence-corrected chi connectivity index (χ3v) is 3.40. The number of terminal acetylenes is 1. The Morgan fingerprint density at radius 1 is 1.67 bits per heavy atom. The van der Waals surface area contributed by atoms with Gasteiger partial charge in [0, 0.05) is 0 Å². The third kappa shape index (κ3) is 2.28. The van der Waals surface area contributed by atoms with Crippen molar-refractivity contribution in [3.05, 3.63) is 32.9 Å². The van der Waals surface area contributed by atoms with Gasteiger partial charge in [-0.3, -0.25) is 14.3 Å². The first-order valence-corrected chi connectivity index (χ1v) is 6.01. The van der Waals surface area contributed by atoms with E-state index >= 15 is 0 Å². The number of aromatic nitrogens is 2. The molecule has 0 radical (unpaired) electrons. The van der Waals surface area contributed by atoms with Crippen molar-refractivity contribution in [2.75, 3.05) is 0 Å². The molecule has 1 saturated heterocycles. The Balaban J connectivity index is 2.58. The van der Waals surface area contributed by atoms with Gasteiger partial charge in [0.1, 0.15) is 12.2 Å². The number of nitrogens with one attached hydrogen (secondary N) is 1. The molecular formula is C12H14FN3O5. The van der Waals surface area contributed by atoms with Crippen LogP contribution in [-0.2, 0) is 4.74 Å². The molecule has 0 aromatic carbocycles. The van der Waals surface area contributed by atoms with Crippen molar-refractivity contribution in [2.45, 2.75) is 37.0 Å². The predicted octanol–water partition coefficient (Wildman–Crippen LogP) is -2.35. The summed E-state index contributed by atoms with van der Waals surface area (Å²) in [6, 6.07) is 0. The highest BCUT2D eigenvalue weighted by Crippen LogP contribution is 2.36. The Bertz CT molecular complexity index is 706. The van der Waals surface area contributed by atoms with Gasteiger partial charge in [0.05, 0.1) is 12.3 Å². The Labute approximate surface area is 118 Å². The molecule has 0 bridgehead atoms. The number of ether oxygens (including phenoxy) is 1. The molecule has 5 atom stereocenters. The number of aliphatic hydroxyl groups is 2. The van der Waals surface area contributed by atoms with Gasteiger partial charge in [-0.1, -0.05) is 5.92 Å². The number of hydrogen-bond donors (Lipinski definition) is 4. The quantitative estimate of drug-likeness (QED) is 0.452. The number of nitrogens with two attached hydrogens (primary N) is 1. The first-order chi connectivity index (χ1) is 9.72. The zero-order valence-electron chi connectivity index (χ0n) is 11.0. The molecule has 0 aliphatic carbocycles. The molecule has 2 heterocycles. The molecule has 1 fully saturated rings. The van der Waals surface area contributed by atoms with E-state index in [4.69, 9.17) is 16.9 Å². The summed E-state index contributed by atoms with van der Waals surface area (Å²) >= 11 is 0. The highest BCUT2D eigenvalue weighted by molar-refractivity contribution is 5.23. The van der Waals surface area contributed by atoms with Gasteiger partial charge in [0.15, 0.2) is 11.8 Å². The van der Waals surface area contributed by atoms with Gasteiger partial charge < -0.3 is 20.7 Å². The minimum atomic E-state index is -1.88. The molecule has 0 amide bonds. The summed E-state index contributed by atoms with van der Waals surface area (Å²) in [5.74, 6) is 0.859. The lowest BCUT2D eigenvalue weighted by Gasteiger charge is -2.27. The summed E-state index contributed by atoms with van der Waals surface area (Å²) in [6.45, 7) is 1.34. The van der Waals surface area contributed by atoms with Gasteiger partial charge >= 0.3 is 5.69 Å². The topological polar surface area (TPSA) is 131 Å². The van der Waals surface area contributed by atoms with Crippen LogP contribution >= 0.6 is 0 Å². The second-order valence-corrected chi connectivity index (χ2v) is 4.86. The van der Waals surface area contributed by atoms with Crippen LogP contribution in [0.15, 0.2) is 15.8 Å². The molecule has 1 aromatic rings. The van der Waals surface area contributed by atoms with E-state index in [0.717, 1.165) is 0 Å². The SMILES string of the molecule is C#C[C@@]1(N)C(O)[C@@H]([C@@H](C)O)O[C@H]1n1cc(F)c(=O)[nH]c1=O. The molecule has 1 aromatic heterocycles. The first kappa shape index (κ1) is 15.4. The van der Waals surface area contributed by atoms with Crippen molar-refractivity contribution in [3.8, 4) is 12.3 Å². The van der Waals surface area contributed by atoms with E-state index in [1.54, 1.807) is 4.98 Å². The molecule has 8 nitrogen and oxygen atoms in total. The highest BCUT2D eigenvalue weighted by atomic mass is 19.1. The molecule has 21 heavy (non-hydrogen) atoms. The number of halogens is 1. The molecular weight excluding hydrogens is 285 g/mol. The molecule has 5 N–H and O–H groups in total. The van der Waals surface area contributed by atoms with Gasteiger partial charge in [-0.15, -0.1) is 6.42 Å². The number of H-pyrrole nitrogens is 1. The van der Waals surface area contributed by atoms with E-state index in [2.05, 4.69) is 5.92 Å². The van der Waals surface area contributed by atoms with Gasteiger partial charge in [-0.25, -0.2) is 4.79 Å². The number of aliphatic hydroxyl groups excluding tert-OH is 2. The fourth-order valence-corrected chi connectivity index (χ4v) is 2.22. The molecule has 1 aliphatic heterocycles. The zero-order chi connectivity index (χ0) is 15.9. The summed E-state index contributed by atoms with van der Waals surface area (Å²) in [7, 11) is 0. The first-order valence-electron chi connectivity index (χ1n) is 6.01. The molecule has 0 saturated carbocycles. The number of aromatic amines is 1. The molecule has 0 spiro atoms. The summed E-state index contributed by atoms with van der Waals surface area (Å²) in [5.41, 5.74) is 1.78. The summed E-state index contributed by atoms with van der Waals surface area (Å²) in [6.07, 6.45) is 0.631. The van der Waals surface area contributed by atoms with Crippen molar-refractivity contribution >= 4 is 0 Å². The van der Waals surface area contributed by atoms with E-state index < -0.39 is 47.1 Å². The summed E-state index contributed by atoms with van der Waals surface area (Å²) < 4.78 is 19.3. The summed E-state index contributed by atoms with van der Waals surface area (Å²) in [4.78, 5) is 24.5. The minimum Gasteiger partial charge on any atom is -0.391 e. The molecule has 114 valence electrons. The van der Waals surface area contributed by atoms with Gasteiger partial charge in [-0.2, -0.15) is 4.39 Å². The van der Waals surface area contributed by atoms with E-state index in [9.17, 15) is 24.2 Å². The third-order valence-electron chi connectivity index (χ3n) is 3.40. The number of hydrogen-bond acceptors (Lipinski definition) is 6. The fraction of sp³-hybridized carbons (Fsp3) is 0.500. The van der Waals surface area contributed by atoms with Crippen molar-refractivity contribution < 1.29 is 19.3 Å². The van der Waals surface area contributed by atoms with Crippen LogP contribution in [0, 0.1) is 18.2 Å². The van der Waals surface area contributed by atoms with Crippen LogP contribution < -0.4 is 17.0 Å². The second kappa shape index (κ2) is 5.09. The van der Waals surface area contributed by atoms with Crippen molar-refractivity contribution in [1.82, 2.24) is 9.55 Å². The van der Waals surface area contributed by atoms with Crippen LogP contribution in [0.3, 0.4) is 0 Å². The van der Waals surface area contributed by atoms with E-state index in [-0.39, 0.29) is 0 Å². The maximum atomic E-state index is 13.4. The maximum Gasteiger partial charge on any atom is 0.330 e. The molecule has 2 rings (SSSR count). The van der Waals surface area contributed by atoms with Gasteiger partial charge in [-0.05, 0) is 6.92 Å². The maximum absolute atomic E-state index is 13.4. The van der Waals surface area contributed by atoms with Crippen molar-refractivity contribution in [3.63, 3.8) is 0 Å².